The fraction of sp³-hybridized carbons (Fsp3) is 1.00. The highest BCUT2D eigenvalue weighted by molar-refractivity contribution is 5.75. The Bertz CT molecular complexity index is 10.8. The number of hydrogen-bond acceptors (Lipinski definition) is 2. The second-order valence-corrected chi connectivity index (χ2v) is 0.408. The highest BCUT2D eigenvalue weighted by atomic mass is 16.2. The lowest BCUT2D eigenvalue weighted by Gasteiger charge is -1.53. The van der Waals surface area contributed by atoms with Crippen molar-refractivity contribution >= 4 is 8.41 Å². The van der Waals surface area contributed by atoms with E-state index in [0.717, 1.165) is 13.7 Å². The summed E-state index contributed by atoms with van der Waals surface area (Å²) in [6, 6.07) is 0. The van der Waals surface area contributed by atoms with Crippen molar-refractivity contribution in [3.8, 4) is 0 Å². The number of nitrogens with two attached hydrogens (primary N) is 1. The number of hydrogen-bond donors (Lipinski definition) is 2. The number of aliphatic hydroxyl groups excluding tert-OH is 1. The van der Waals surface area contributed by atoms with E-state index in [9.17, 15) is 0 Å². The Morgan fingerprint density at radius 2 is 1.50 bits per heavy atom. The molecule has 2 nitrogen and oxygen atoms in total. The molecule has 0 saturated carbocycles. The van der Waals surface area contributed by atoms with Gasteiger partial charge in [0.15, 0.2) is 0 Å². The molecule has 6 heavy (non-hydrogen) atoms. The van der Waals surface area contributed by atoms with Crippen molar-refractivity contribution in [2.24, 2.45) is 5.73 Å². The molecule has 0 atom stereocenters. The third kappa shape index (κ3) is 156000. The van der Waals surface area contributed by atoms with Gasteiger partial charge in [-0.25, -0.2) is 0 Å². The maximum atomic E-state index is 7.00. The first-order chi connectivity index (χ1) is 2.41. The third-order valence-corrected chi connectivity index (χ3v) is 0. The van der Waals surface area contributed by atoms with E-state index < -0.39 is 0 Å². The van der Waals surface area contributed by atoms with Crippen LogP contribution in [0.2, 0.25) is 0 Å². The number of rotatable bonds is 0. The second-order valence-electron chi connectivity index (χ2n) is 0.408. The first kappa shape index (κ1) is 16.7. The first-order valence-corrected chi connectivity index (χ1v) is 1.56. The zero-order valence-electron chi connectivity index (χ0n) is 4.31. The van der Waals surface area contributed by atoms with Gasteiger partial charge >= 0.3 is 0 Å². The average molecular weight is 87.9 g/mol. The molecule has 0 aromatic heterocycles. The molecule has 0 bridgehead atoms. The van der Waals surface area contributed by atoms with E-state index in [2.05, 4.69) is 0 Å². The van der Waals surface area contributed by atoms with E-state index >= 15 is 0 Å². The molecule has 0 amide bonds. The normalized spacial score (nSPS) is 4.00. The molecule has 3 N–H and O–H groups in total. The van der Waals surface area contributed by atoms with Crippen molar-refractivity contribution < 1.29 is 5.11 Å². The maximum absolute atomic E-state index is 7.00. The van der Waals surface area contributed by atoms with E-state index in [0.29, 0.717) is 0 Å². The van der Waals surface area contributed by atoms with Crippen LogP contribution in [0.5, 0.6) is 0 Å². The highest BCUT2D eigenvalue weighted by Crippen LogP contribution is 1.20. The topological polar surface area (TPSA) is 46.2 Å². The monoisotopic (exact) mass is 88.1 g/mol. The number of aliphatic hydroxyl groups is 1. The standard InChI is InChI=1S/C2H7N.CH4O.B/c1-2-3;1-2;/h2-3H2,1H3;2H,1H3;. The Balaban J connectivity index is -0.0000000275. The molecular formula is C3H11BNO. The van der Waals surface area contributed by atoms with E-state index in [4.69, 9.17) is 10.8 Å². The molecule has 0 aromatic rings. The van der Waals surface area contributed by atoms with Crippen LogP contribution in [-0.2, 0) is 0 Å². The lowest BCUT2D eigenvalue weighted by atomic mass is 10.8. The van der Waals surface area contributed by atoms with Crippen molar-refractivity contribution in [3.63, 3.8) is 0 Å². The molecule has 0 saturated heterocycles. The van der Waals surface area contributed by atoms with Crippen LogP contribution >= 0.6 is 0 Å². The minimum absolute atomic E-state index is 0. The van der Waals surface area contributed by atoms with Crippen LogP contribution in [0.4, 0.5) is 0 Å². The minimum atomic E-state index is 0. The van der Waals surface area contributed by atoms with Crippen LogP contribution in [-0.4, -0.2) is 27.2 Å². The summed E-state index contributed by atoms with van der Waals surface area (Å²) in [6.07, 6.45) is 0. The molecule has 3 radical (unpaired) electrons. The van der Waals surface area contributed by atoms with Gasteiger partial charge in [-0.1, -0.05) is 6.92 Å². The van der Waals surface area contributed by atoms with Gasteiger partial charge in [0, 0.05) is 15.5 Å². The average Bonchev–Trinajstić information content (AvgIpc) is 1.46. The molecule has 37 valence electrons. The van der Waals surface area contributed by atoms with Gasteiger partial charge in [0.1, 0.15) is 0 Å². The van der Waals surface area contributed by atoms with Gasteiger partial charge in [-0.3, -0.25) is 0 Å². The molecule has 0 spiro atoms. The van der Waals surface area contributed by atoms with Gasteiger partial charge in [0.2, 0.25) is 0 Å². The van der Waals surface area contributed by atoms with E-state index in [-0.39, 0.29) is 8.41 Å². The Morgan fingerprint density at radius 1 is 1.50 bits per heavy atom. The van der Waals surface area contributed by atoms with Crippen LogP contribution in [0.25, 0.3) is 0 Å². The van der Waals surface area contributed by atoms with Gasteiger partial charge < -0.3 is 10.8 Å². The van der Waals surface area contributed by atoms with Crippen LogP contribution in [0.15, 0.2) is 0 Å². The SMILES string of the molecule is CCN.CO.[B]. The molecule has 0 aliphatic carbocycles. The highest BCUT2D eigenvalue weighted by Gasteiger charge is 1.32. The summed E-state index contributed by atoms with van der Waals surface area (Å²) >= 11 is 0. The van der Waals surface area contributed by atoms with Crippen molar-refractivity contribution in [3.05, 3.63) is 0 Å². The zero-order chi connectivity index (χ0) is 4.71. The largest absolute Gasteiger partial charge is 0.400 e. The fourth-order valence-corrected chi connectivity index (χ4v) is 0. The van der Waals surface area contributed by atoms with E-state index in [1.165, 1.54) is 0 Å². The summed E-state index contributed by atoms with van der Waals surface area (Å²) in [5, 5.41) is 7.00. The molecule has 0 rings (SSSR count). The Kier molecular flexibility index (Phi) is 227. The van der Waals surface area contributed by atoms with Gasteiger partial charge in [0.05, 0.1) is 0 Å². The van der Waals surface area contributed by atoms with Crippen molar-refractivity contribution in [2.75, 3.05) is 13.7 Å². The molecule has 0 fully saturated rings. The molecule has 0 aromatic carbocycles. The van der Waals surface area contributed by atoms with Crippen LogP contribution in [0, 0.1) is 0 Å². The van der Waals surface area contributed by atoms with Gasteiger partial charge in [-0.2, -0.15) is 0 Å². The Labute approximate surface area is 40.9 Å². The summed E-state index contributed by atoms with van der Waals surface area (Å²) in [4.78, 5) is 0. The van der Waals surface area contributed by atoms with E-state index in [1.807, 2.05) is 6.92 Å². The smallest absolute Gasteiger partial charge is 0.0319 e. The fourth-order valence-electron chi connectivity index (χ4n) is 0. The summed E-state index contributed by atoms with van der Waals surface area (Å²) in [5.74, 6) is 0. The molecule has 0 aliphatic rings. The predicted molar refractivity (Wildman–Crippen MR) is 28.6 cm³/mol. The van der Waals surface area contributed by atoms with Gasteiger partial charge in [-0.05, 0) is 6.54 Å². The summed E-state index contributed by atoms with van der Waals surface area (Å²) in [6.45, 7) is 2.65. The van der Waals surface area contributed by atoms with Crippen LogP contribution in [0.1, 0.15) is 6.92 Å². The van der Waals surface area contributed by atoms with Crippen LogP contribution in [0.3, 0.4) is 0 Å². The van der Waals surface area contributed by atoms with Crippen molar-refractivity contribution in [1.29, 1.82) is 0 Å². The van der Waals surface area contributed by atoms with Gasteiger partial charge in [0.25, 0.3) is 0 Å². The van der Waals surface area contributed by atoms with Crippen molar-refractivity contribution in [2.45, 2.75) is 6.92 Å². The first-order valence-electron chi connectivity index (χ1n) is 1.56. The predicted octanol–water partition coefficient (Wildman–Crippen LogP) is -0.807. The van der Waals surface area contributed by atoms with Crippen molar-refractivity contribution in [1.82, 2.24) is 0 Å². The Morgan fingerprint density at radius 3 is 1.50 bits per heavy atom. The lowest BCUT2D eigenvalue weighted by molar-refractivity contribution is 0.399. The molecule has 0 aliphatic heterocycles. The van der Waals surface area contributed by atoms with Crippen LogP contribution < -0.4 is 5.73 Å². The summed E-state index contributed by atoms with van der Waals surface area (Å²) in [5.41, 5.74) is 4.85. The zero-order valence-corrected chi connectivity index (χ0v) is 4.31. The quantitative estimate of drug-likeness (QED) is 0.380. The molecule has 3 heteroatoms. The molecule has 0 unspecified atom stereocenters. The minimum Gasteiger partial charge on any atom is -0.400 e. The summed E-state index contributed by atoms with van der Waals surface area (Å²) in [7, 11) is 1.00. The lowest BCUT2D eigenvalue weighted by Crippen LogP contribution is -1.87. The third-order valence-electron chi connectivity index (χ3n) is 0. The van der Waals surface area contributed by atoms with Gasteiger partial charge in [-0.15, -0.1) is 0 Å². The molecule has 0 heterocycles. The van der Waals surface area contributed by atoms with E-state index in [1.54, 1.807) is 0 Å². The summed E-state index contributed by atoms with van der Waals surface area (Å²) < 4.78 is 0. The Hall–Kier alpha value is -0.0151. The maximum Gasteiger partial charge on any atom is 0.0319 e. The second kappa shape index (κ2) is 81.6. The molecular weight excluding hydrogens is 76.9 g/mol.